The first-order chi connectivity index (χ1) is 22.8. The summed E-state index contributed by atoms with van der Waals surface area (Å²) in [6, 6.07) is 49.9. The van der Waals surface area contributed by atoms with E-state index in [0.29, 0.717) is 11.8 Å². The molecule has 6 rings (SSSR count). The summed E-state index contributed by atoms with van der Waals surface area (Å²) in [5.41, 5.74) is 7.86. The molecule has 5 aromatic carbocycles. The van der Waals surface area contributed by atoms with Crippen molar-refractivity contribution in [2.45, 2.75) is 51.5 Å². The molecule has 1 aromatic heterocycles. The number of rotatable bonds is 11. The lowest BCUT2D eigenvalue weighted by atomic mass is 9.76. The molecule has 0 aliphatic rings. The quantitative estimate of drug-likeness (QED) is 0.131. The van der Waals surface area contributed by atoms with Crippen LogP contribution >= 0.6 is 0 Å². The van der Waals surface area contributed by atoms with E-state index >= 15 is 0 Å². The monoisotopic (exact) mass is 630 g/mol. The Bertz CT molecular complexity index is 1670. The van der Waals surface area contributed by atoms with Crippen LogP contribution < -0.4 is 5.19 Å². The normalized spacial score (nSPS) is 11.7. The SMILES string of the molecule is CC(C)Cc1cccc(C([SiH2]c2ccccc2)(c2cccc(CC(C)C)c2)n2ccnc2)c1.[B]C(c1ccccc1)c1ccccc1. The maximum absolute atomic E-state index is 6.12. The highest BCUT2D eigenvalue weighted by molar-refractivity contribution is 6.57. The van der Waals surface area contributed by atoms with E-state index in [1.165, 1.54) is 27.4 Å². The summed E-state index contributed by atoms with van der Waals surface area (Å²) in [4.78, 5) is 4.51. The fourth-order valence-corrected chi connectivity index (χ4v) is 8.82. The zero-order valence-electron chi connectivity index (χ0n) is 28.3. The molecule has 2 nitrogen and oxygen atoms in total. The molecule has 0 saturated carbocycles. The van der Waals surface area contributed by atoms with Crippen LogP contribution in [0.2, 0.25) is 0 Å². The van der Waals surface area contributed by atoms with Gasteiger partial charge in [-0.25, -0.2) is 4.98 Å². The zero-order chi connectivity index (χ0) is 33.1. The second-order valence-corrected chi connectivity index (χ2v) is 15.6. The third-order valence-electron chi connectivity index (χ3n) is 8.66. The van der Waals surface area contributed by atoms with Crippen LogP contribution in [0.15, 0.2) is 158 Å². The van der Waals surface area contributed by atoms with Crippen LogP contribution in [0.5, 0.6) is 0 Å². The summed E-state index contributed by atoms with van der Waals surface area (Å²) in [5, 5.41) is 1.22. The Morgan fingerprint density at radius 2 is 1.09 bits per heavy atom. The molecule has 0 amide bonds. The highest BCUT2D eigenvalue weighted by Crippen LogP contribution is 2.35. The fraction of sp³-hybridized carbons (Fsp3) is 0.233. The van der Waals surface area contributed by atoms with Crippen molar-refractivity contribution >= 4 is 22.6 Å². The molecule has 2 radical (unpaired) electrons. The topological polar surface area (TPSA) is 17.8 Å². The van der Waals surface area contributed by atoms with Gasteiger partial charge in [0, 0.05) is 12.4 Å². The van der Waals surface area contributed by atoms with E-state index < -0.39 is 9.52 Å². The Hall–Kier alpha value is -4.41. The molecule has 0 aliphatic heterocycles. The van der Waals surface area contributed by atoms with E-state index in [-0.39, 0.29) is 11.0 Å². The Morgan fingerprint density at radius 3 is 1.51 bits per heavy atom. The Morgan fingerprint density at radius 1 is 0.617 bits per heavy atom. The third-order valence-corrected chi connectivity index (χ3v) is 11.2. The summed E-state index contributed by atoms with van der Waals surface area (Å²) in [6.07, 6.45) is 8.27. The second-order valence-electron chi connectivity index (χ2n) is 13.4. The van der Waals surface area contributed by atoms with Gasteiger partial charge in [-0.3, -0.25) is 0 Å². The van der Waals surface area contributed by atoms with Gasteiger partial charge in [-0.15, -0.1) is 0 Å². The molecule has 1 heterocycles. The van der Waals surface area contributed by atoms with Crippen molar-refractivity contribution in [3.63, 3.8) is 0 Å². The third kappa shape index (κ3) is 8.90. The molecule has 236 valence electrons. The summed E-state index contributed by atoms with van der Waals surface area (Å²) in [5.74, 6) is 1.24. The van der Waals surface area contributed by atoms with Crippen molar-refractivity contribution in [3.05, 3.63) is 192 Å². The van der Waals surface area contributed by atoms with Gasteiger partial charge in [0.2, 0.25) is 0 Å². The van der Waals surface area contributed by atoms with Gasteiger partial charge in [0.1, 0.15) is 0 Å². The fourth-order valence-electron chi connectivity index (χ4n) is 6.50. The van der Waals surface area contributed by atoms with E-state index in [9.17, 15) is 0 Å². The minimum atomic E-state index is -0.833. The number of nitrogens with zero attached hydrogens (tertiary/aromatic N) is 2. The predicted octanol–water partition coefficient (Wildman–Crippen LogP) is 8.47. The van der Waals surface area contributed by atoms with Crippen molar-refractivity contribution in [2.24, 2.45) is 11.8 Å². The Balaban J connectivity index is 0.000000257. The Kier molecular flexibility index (Phi) is 11.9. The van der Waals surface area contributed by atoms with E-state index in [4.69, 9.17) is 7.85 Å². The first-order valence-electron chi connectivity index (χ1n) is 16.9. The summed E-state index contributed by atoms with van der Waals surface area (Å²) in [7, 11) is 5.28. The van der Waals surface area contributed by atoms with Gasteiger partial charge in [0.05, 0.1) is 28.9 Å². The first-order valence-corrected chi connectivity index (χ1v) is 18.3. The van der Waals surface area contributed by atoms with Gasteiger partial charge in [0.15, 0.2) is 0 Å². The molecule has 0 unspecified atom stereocenters. The van der Waals surface area contributed by atoms with Crippen LogP contribution in [0.1, 0.15) is 66.9 Å². The van der Waals surface area contributed by atoms with Crippen molar-refractivity contribution in [1.82, 2.24) is 9.55 Å². The molecule has 0 atom stereocenters. The van der Waals surface area contributed by atoms with Gasteiger partial charge < -0.3 is 4.57 Å². The highest BCUT2D eigenvalue weighted by Gasteiger charge is 2.37. The average Bonchev–Trinajstić information content (AvgIpc) is 3.64. The molecule has 0 fully saturated rings. The van der Waals surface area contributed by atoms with Crippen molar-refractivity contribution in [1.29, 1.82) is 0 Å². The van der Waals surface area contributed by atoms with Crippen LogP contribution in [0.25, 0.3) is 0 Å². The molecule has 0 N–H and O–H groups in total. The van der Waals surface area contributed by atoms with Crippen LogP contribution in [0, 0.1) is 11.8 Å². The van der Waals surface area contributed by atoms with E-state index in [2.05, 4.69) is 147 Å². The molecule has 6 aromatic rings. The molecule has 4 heteroatoms. The summed E-state index contributed by atoms with van der Waals surface area (Å²) in [6.45, 7) is 9.18. The minimum absolute atomic E-state index is 0.0163. The predicted molar refractivity (Wildman–Crippen MR) is 203 cm³/mol. The summed E-state index contributed by atoms with van der Waals surface area (Å²) < 4.78 is 2.37. The van der Waals surface area contributed by atoms with Gasteiger partial charge >= 0.3 is 0 Å². The maximum atomic E-state index is 6.12. The minimum Gasteiger partial charge on any atom is -0.326 e. The Labute approximate surface area is 286 Å². The van der Waals surface area contributed by atoms with Gasteiger partial charge in [-0.1, -0.05) is 172 Å². The number of imidazole rings is 1. The number of benzene rings is 5. The zero-order valence-corrected chi connectivity index (χ0v) is 29.8. The maximum Gasteiger partial charge on any atom is 0.0965 e. The van der Waals surface area contributed by atoms with Crippen molar-refractivity contribution in [2.75, 3.05) is 0 Å². The van der Waals surface area contributed by atoms with E-state index in [1.54, 1.807) is 0 Å². The molecule has 0 spiro atoms. The van der Waals surface area contributed by atoms with Crippen molar-refractivity contribution < 1.29 is 0 Å². The molecular formula is C43H47BN2Si. The molecular weight excluding hydrogens is 583 g/mol. The smallest absolute Gasteiger partial charge is 0.0965 e. The highest BCUT2D eigenvalue weighted by atomic mass is 28.2. The lowest BCUT2D eigenvalue weighted by Crippen LogP contribution is -2.46. The summed E-state index contributed by atoms with van der Waals surface area (Å²) >= 11 is 0. The van der Waals surface area contributed by atoms with Gasteiger partial charge in [-0.2, -0.15) is 0 Å². The van der Waals surface area contributed by atoms with Crippen LogP contribution in [-0.2, 0) is 18.0 Å². The van der Waals surface area contributed by atoms with E-state index in [0.717, 1.165) is 24.0 Å². The second kappa shape index (κ2) is 16.4. The van der Waals surface area contributed by atoms with Gasteiger partial charge in [-0.05, 0) is 63.9 Å². The number of hydrogen-bond acceptors (Lipinski definition) is 1. The number of hydrogen-bond donors (Lipinski definition) is 0. The lowest BCUT2D eigenvalue weighted by molar-refractivity contribution is 0.589. The first kappa shape index (κ1) is 33.9. The molecule has 47 heavy (non-hydrogen) atoms. The molecule has 0 bridgehead atoms. The lowest BCUT2D eigenvalue weighted by Gasteiger charge is -2.37. The molecule has 0 aliphatic carbocycles. The number of aromatic nitrogens is 2. The average molecular weight is 631 g/mol. The van der Waals surface area contributed by atoms with Crippen LogP contribution in [0.4, 0.5) is 0 Å². The molecule has 0 saturated heterocycles. The largest absolute Gasteiger partial charge is 0.326 e. The standard InChI is InChI=1S/C30H36N2Si.C13H11B/c1-23(2)18-25-10-8-12-27(20-25)30(32-17-16-31-22-32,33-29-14-6-5-7-15-29)28-13-9-11-26(21-28)19-24(3)4;14-13(11-7-3-1-4-8-11)12-9-5-2-6-10-12/h5-17,20-24H,18-19,33H2,1-4H3;1-10,13H. The van der Waals surface area contributed by atoms with Gasteiger partial charge in [0.25, 0.3) is 0 Å². The van der Waals surface area contributed by atoms with E-state index in [1.807, 2.05) is 48.9 Å². The van der Waals surface area contributed by atoms with Crippen molar-refractivity contribution in [3.8, 4) is 0 Å². The van der Waals surface area contributed by atoms with Crippen LogP contribution in [0.3, 0.4) is 0 Å². The van der Waals surface area contributed by atoms with Crippen LogP contribution in [-0.4, -0.2) is 26.9 Å².